The Hall–Kier alpha value is -2.01. The number of rotatable bonds is 7. The predicted molar refractivity (Wildman–Crippen MR) is 110 cm³/mol. The van der Waals surface area contributed by atoms with Crippen molar-refractivity contribution in [2.24, 2.45) is 0 Å². The third-order valence-corrected chi connectivity index (χ3v) is 5.83. The molecule has 170 valence electrons. The van der Waals surface area contributed by atoms with Gasteiger partial charge in [0.25, 0.3) is 0 Å². The van der Waals surface area contributed by atoms with E-state index in [1.54, 1.807) is 17.0 Å². The highest BCUT2D eigenvalue weighted by molar-refractivity contribution is 6.32. The highest BCUT2D eigenvalue weighted by atomic mass is 35.5. The van der Waals surface area contributed by atoms with E-state index in [1.807, 2.05) is 6.07 Å². The Kier molecular flexibility index (Phi) is 7.35. The van der Waals surface area contributed by atoms with Crippen LogP contribution in [0.25, 0.3) is 0 Å². The molecular formula is C19H21Cl2F3N4O3. The molecular weight excluding hydrogens is 460 g/mol. The van der Waals surface area contributed by atoms with Crippen molar-refractivity contribution in [2.45, 2.75) is 18.8 Å². The lowest BCUT2D eigenvalue weighted by Crippen LogP contribution is -2.49. The molecule has 1 fully saturated rings. The fraction of sp³-hybridized carbons (Fsp3) is 0.474. The molecule has 0 bridgehead atoms. The number of aliphatic hydroxyl groups is 1. The van der Waals surface area contributed by atoms with Crippen molar-refractivity contribution in [1.82, 2.24) is 14.7 Å². The van der Waals surface area contributed by atoms with Gasteiger partial charge in [0, 0.05) is 51.0 Å². The van der Waals surface area contributed by atoms with E-state index in [2.05, 4.69) is 10.00 Å². The normalized spacial score (nSPS) is 16.4. The summed E-state index contributed by atoms with van der Waals surface area (Å²) >= 11 is 12.0. The largest absolute Gasteiger partial charge is 0.495 e. The molecule has 1 aromatic carbocycles. The number of hydrogen-bond acceptors (Lipinski definition) is 6. The minimum Gasteiger partial charge on any atom is -0.495 e. The van der Waals surface area contributed by atoms with Gasteiger partial charge in [-0.1, -0.05) is 23.2 Å². The second-order valence-corrected chi connectivity index (χ2v) is 7.70. The topological polar surface area (TPSA) is 70.8 Å². The van der Waals surface area contributed by atoms with Gasteiger partial charge in [0.05, 0.1) is 22.8 Å². The molecule has 12 heteroatoms. The molecule has 1 unspecified atom stereocenters. The molecule has 1 N–H and O–H groups in total. The molecule has 7 nitrogen and oxygen atoms in total. The Labute approximate surface area is 186 Å². The maximum absolute atomic E-state index is 13.3. The summed E-state index contributed by atoms with van der Waals surface area (Å²) in [6.45, 7) is 1.40. The van der Waals surface area contributed by atoms with E-state index in [-0.39, 0.29) is 12.1 Å². The molecule has 0 spiro atoms. The monoisotopic (exact) mass is 480 g/mol. The van der Waals surface area contributed by atoms with Crippen molar-refractivity contribution < 1.29 is 27.8 Å². The van der Waals surface area contributed by atoms with Crippen LogP contribution in [-0.2, 0) is 17.4 Å². The number of anilines is 1. The van der Waals surface area contributed by atoms with Gasteiger partial charge >= 0.3 is 6.18 Å². The number of aldehydes is 1. The molecule has 1 aliphatic rings. The molecule has 1 aliphatic heterocycles. The van der Waals surface area contributed by atoms with E-state index in [4.69, 9.17) is 27.9 Å². The van der Waals surface area contributed by atoms with Crippen molar-refractivity contribution in [3.63, 3.8) is 0 Å². The quantitative estimate of drug-likeness (QED) is 0.613. The van der Waals surface area contributed by atoms with Crippen molar-refractivity contribution in [3.8, 4) is 5.75 Å². The summed E-state index contributed by atoms with van der Waals surface area (Å²) in [7, 11) is 1.52. The highest BCUT2D eigenvalue weighted by Crippen LogP contribution is 2.37. The highest BCUT2D eigenvalue weighted by Gasteiger charge is 2.40. The van der Waals surface area contributed by atoms with Gasteiger partial charge in [0.1, 0.15) is 5.75 Å². The molecule has 0 aliphatic carbocycles. The minimum absolute atomic E-state index is 0.0292. The van der Waals surface area contributed by atoms with Crippen LogP contribution in [0, 0.1) is 0 Å². The van der Waals surface area contributed by atoms with Crippen molar-refractivity contribution in [1.29, 1.82) is 0 Å². The zero-order valence-corrected chi connectivity index (χ0v) is 18.1. The first-order chi connectivity index (χ1) is 14.7. The van der Waals surface area contributed by atoms with Gasteiger partial charge in [-0.15, -0.1) is 0 Å². The molecule has 3 rings (SSSR count). The number of methoxy groups -OCH3 is 1. The standard InChI is InChI=1S/C19H21Cl2F3N4O3/c1-31-15-10-12(2-3-13(15)20)26-5-7-27(8-6-26)16(11-30)28-14(4-9-29)17(21)18(25-28)19(22,23)24/h2-3,10-11,16,29H,4-9H2,1H3. The maximum Gasteiger partial charge on any atom is 0.436 e. The number of carbonyl (C=O) groups excluding carboxylic acids is 1. The second kappa shape index (κ2) is 9.64. The van der Waals surface area contributed by atoms with E-state index >= 15 is 0 Å². The molecule has 0 saturated carbocycles. The van der Waals surface area contributed by atoms with Gasteiger partial charge < -0.3 is 14.7 Å². The number of alkyl halides is 3. The summed E-state index contributed by atoms with van der Waals surface area (Å²) in [5.41, 5.74) is -0.416. The van der Waals surface area contributed by atoms with Crippen LogP contribution in [0.3, 0.4) is 0 Å². The lowest BCUT2D eigenvalue weighted by atomic mass is 10.2. The molecule has 1 aromatic heterocycles. The van der Waals surface area contributed by atoms with Gasteiger partial charge in [-0.25, -0.2) is 4.68 Å². The van der Waals surface area contributed by atoms with Crippen molar-refractivity contribution in [2.75, 3.05) is 44.8 Å². The summed E-state index contributed by atoms with van der Waals surface area (Å²) in [5.74, 6) is 0.534. The van der Waals surface area contributed by atoms with E-state index in [9.17, 15) is 23.1 Å². The van der Waals surface area contributed by atoms with Gasteiger partial charge in [-0.05, 0) is 12.1 Å². The lowest BCUT2D eigenvalue weighted by molar-refractivity contribution is -0.142. The molecule has 0 amide bonds. The Bertz CT molecular complexity index is 931. The summed E-state index contributed by atoms with van der Waals surface area (Å²) in [6.07, 6.45) is -5.47. The average molecular weight is 481 g/mol. The first-order valence-electron chi connectivity index (χ1n) is 9.44. The van der Waals surface area contributed by atoms with Gasteiger partial charge in [0.15, 0.2) is 18.1 Å². The maximum atomic E-state index is 13.3. The number of hydrogen-bond donors (Lipinski definition) is 1. The molecule has 0 radical (unpaired) electrons. The summed E-state index contributed by atoms with van der Waals surface area (Å²) in [4.78, 5) is 15.7. The van der Waals surface area contributed by atoms with Gasteiger partial charge in [-0.3, -0.25) is 9.69 Å². The molecule has 2 aromatic rings. The zero-order valence-electron chi connectivity index (χ0n) is 16.6. The fourth-order valence-corrected chi connectivity index (χ4v) is 4.09. The van der Waals surface area contributed by atoms with Crippen LogP contribution in [0.1, 0.15) is 17.6 Å². The Balaban J connectivity index is 1.81. The number of benzene rings is 1. The smallest absolute Gasteiger partial charge is 0.436 e. The first-order valence-corrected chi connectivity index (χ1v) is 10.2. The zero-order chi connectivity index (χ0) is 22.8. The van der Waals surface area contributed by atoms with Crippen LogP contribution in [0.4, 0.5) is 18.9 Å². The molecule has 2 heterocycles. The van der Waals surface area contributed by atoms with Crippen LogP contribution in [-0.4, -0.2) is 66.0 Å². The van der Waals surface area contributed by atoms with Crippen molar-refractivity contribution in [3.05, 3.63) is 39.6 Å². The number of halogens is 5. The Morgan fingerprint density at radius 1 is 1.26 bits per heavy atom. The average Bonchev–Trinajstić information content (AvgIpc) is 3.06. The van der Waals surface area contributed by atoms with E-state index < -0.39 is 29.7 Å². The third-order valence-electron chi connectivity index (χ3n) is 5.12. The third kappa shape index (κ3) is 4.92. The van der Waals surface area contributed by atoms with Crippen LogP contribution in [0.5, 0.6) is 5.75 Å². The van der Waals surface area contributed by atoms with E-state index in [0.29, 0.717) is 43.2 Å². The van der Waals surface area contributed by atoms with Crippen LogP contribution in [0.15, 0.2) is 18.2 Å². The van der Waals surface area contributed by atoms with Crippen molar-refractivity contribution >= 4 is 35.2 Å². The van der Waals surface area contributed by atoms with E-state index in [1.165, 1.54) is 7.11 Å². The first kappa shape index (κ1) is 23.6. The predicted octanol–water partition coefficient (Wildman–Crippen LogP) is 3.27. The minimum atomic E-state index is -4.77. The van der Waals surface area contributed by atoms with Gasteiger partial charge in [0.2, 0.25) is 0 Å². The van der Waals surface area contributed by atoms with E-state index in [0.717, 1.165) is 10.4 Å². The summed E-state index contributed by atoms with van der Waals surface area (Å²) < 4.78 is 46.0. The Morgan fingerprint density at radius 2 is 1.94 bits per heavy atom. The number of carbonyl (C=O) groups is 1. The number of nitrogens with zero attached hydrogens (tertiary/aromatic N) is 4. The molecule has 1 saturated heterocycles. The Morgan fingerprint density at radius 3 is 2.48 bits per heavy atom. The number of aromatic nitrogens is 2. The number of piperazine rings is 1. The fourth-order valence-electron chi connectivity index (χ4n) is 3.57. The van der Waals surface area contributed by atoms with Crippen LogP contribution >= 0.6 is 23.2 Å². The number of aliphatic hydroxyl groups excluding tert-OH is 1. The molecule has 31 heavy (non-hydrogen) atoms. The van der Waals surface area contributed by atoms with Crippen LogP contribution < -0.4 is 9.64 Å². The SMILES string of the molecule is COc1cc(N2CCN(C(C=O)n3nc(C(F)(F)F)c(Cl)c3CCO)CC2)ccc1Cl. The summed E-state index contributed by atoms with van der Waals surface area (Å²) in [5, 5.41) is 12.7. The number of ether oxygens (including phenoxy) is 1. The van der Waals surface area contributed by atoms with Gasteiger partial charge in [-0.2, -0.15) is 18.3 Å². The van der Waals surface area contributed by atoms with Crippen LogP contribution in [0.2, 0.25) is 10.0 Å². The lowest BCUT2D eigenvalue weighted by Gasteiger charge is -2.38. The second-order valence-electron chi connectivity index (χ2n) is 6.92. The summed E-state index contributed by atoms with van der Waals surface area (Å²) in [6, 6.07) is 5.37. The molecule has 1 atom stereocenters.